The summed E-state index contributed by atoms with van der Waals surface area (Å²) in [6.07, 6.45) is 11.0. The Morgan fingerprint density at radius 2 is 1.60 bits per heavy atom. The highest BCUT2D eigenvalue weighted by Crippen LogP contribution is 2.43. The van der Waals surface area contributed by atoms with Crippen LogP contribution < -0.4 is 4.90 Å². The third-order valence-corrected chi connectivity index (χ3v) is 7.38. The number of nitrogens with zero attached hydrogens (tertiary/aromatic N) is 1. The molecule has 4 nitrogen and oxygen atoms in total. The first-order chi connectivity index (χ1) is 21.3. The number of thiocarbonyl (C=S) groups is 1. The van der Waals surface area contributed by atoms with E-state index in [0.717, 1.165) is 28.2 Å². The molecule has 0 amide bonds. The Bertz CT molecular complexity index is 1190. The van der Waals surface area contributed by atoms with Crippen LogP contribution in [0.2, 0.25) is 0 Å². The maximum absolute atomic E-state index is 13.2. The number of para-hydroxylation sites is 1. The van der Waals surface area contributed by atoms with Gasteiger partial charge in [0.1, 0.15) is 11.6 Å². The lowest BCUT2D eigenvalue weighted by Crippen LogP contribution is -2.62. The summed E-state index contributed by atoms with van der Waals surface area (Å²) in [4.78, 5) is 2.95. The monoisotopic (exact) mass is 645 g/mol. The lowest BCUT2D eigenvalue weighted by atomic mass is 9.75. The molecule has 1 fully saturated rings. The summed E-state index contributed by atoms with van der Waals surface area (Å²) < 4.78 is 22.7. The molecule has 0 radical (unpaired) electrons. The Kier molecular flexibility index (Phi) is 24.5. The van der Waals surface area contributed by atoms with Crippen LogP contribution in [0.5, 0.6) is 0 Å². The molecular weight excluding hydrogens is 588 g/mol. The molecule has 2 aromatic rings. The zero-order chi connectivity index (χ0) is 33.7. The average Bonchev–Trinajstić information content (AvgIpc) is 3.06. The number of aliphatic hydroxyl groups excluding tert-OH is 3. The molecule has 45 heavy (non-hydrogen) atoms. The number of aliphatic hydroxyl groups is 3. The van der Waals surface area contributed by atoms with Crippen LogP contribution in [0.3, 0.4) is 0 Å². The maximum Gasteiger partial charge on any atom is 0.123 e. The van der Waals surface area contributed by atoms with Crippen molar-refractivity contribution in [1.29, 1.82) is 0 Å². The second-order valence-electron chi connectivity index (χ2n) is 9.66. The molecule has 1 aliphatic heterocycles. The van der Waals surface area contributed by atoms with E-state index in [1.807, 2.05) is 84.0 Å². The van der Waals surface area contributed by atoms with Gasteiger partial charge in [-0.05, 0) is 87.1 Å². The molecule has 1 heterocycles. The van der Waals surface area contributed by atoms with Crippen molar-refractivity contribution >= 4 is 22.9 Å². The summed E-state index contributed by atoms with van der Waals surface area (Å²) in [5, 5.41) is 30.1. The van der Waals surface area contributed by atoms with Crippen LogP contribution in [-0.2, 0) is 0 Å². The molecule has 2 aromatic carbocycles. The molecule has 252 valence electrons. The standard InChI is InChI=1S/C25H26FNO2S.C7H12O.2C2H6.CH3F.CH4/c1-16-7-12-20(23(29)15-16)24-21(25(30)27(24)19-5-3-2-4-6-19)13-14-22(28)17-8-10-18(26)11-9-17;1-3-5-6-7(8)4-2;3*1-2;/h2-12,21-24,28-29H,13-15H2,1H3;4-6,8H,3H2,1-2H3;2*1-2H3;1H3;1H4/b;6-5-,7-4+;;;;/t21-,22?,23?,24?;;;;;/m1...../s1. The Balaban J connectivity index is 0. The highest BCUT2D eigenvalue weighted by atomic mass is 32.1. The highest BCUT2D eigenvalue weighted by Gasteiger charge is 2.47. The molecule has 2 aliphatic rings. The highest BCUT2D eigenvalue weighted by molar-refractivity contribution is 7.80. The van der Waals surface area contributed by atoms with Crippen molar-refractivity contribution in [2.24, 2.45) is 5.92 Å². The number of allylic oxidation sites excluding steroid dienone is 5. The van der Waals surface area contributed by atoms with Gasteiger partial charge in [0, 0.05) is 11.6 Å². The lowest BCUT2D eigenvalue weighted by Gasteiger charge is -2.52. The van der Waals surface area contributed by atoms with Crippen molar-refractivity contribution in [3.8, 4) is 0 Å². The van der Waals surface area contributed by atoms with E-state index in [4.69, 9.17) is 17.3 Å². The number of halogens is 2. The Morgan fingerprint density at radius 1 is 1.02 bits per heavy atom. The van der Waals surface area contributed by atoms with Crippen LogP contribution >= 0.6 is 12.2 Å². The number of hydrogen-bond donors (Lipinski definition) is 3. The van der Waals surface area contributed by atoms with Crippen LogP contribution in [0.4, 0.5) is 14.5 Å². The minimum Gasteiger partial charge on any atom is -0.508 e. The first kappa shape index (κ1) is 44.0. The van der Waals surface area contributed by atoms with E-state index in [2.05, 4.69) is 11.0 Å². The molecule has 3 N–H and O–H groups in total. The number of alkyl halides is 1. The van der Waals surface area contributed by atoms with E-state index >= 15 is 0 Å². The molecule has 1 aliphatic carbocycles. The van der Waals surface area contributed by atoms with E-state index in [1.165, 1.54) is 12.1 Å². The molecule has 4 rings (SSSR count). The van der Waals surface area contributed by atoms with Gasteiger partial charge in [0.25, 0.3) is 0 Å². The Morgan fingerprint density at radius 3 is 2.11 bits per heavy atom. The topological polar surface area (TPSA) is 63.9 Å². The minimum absolute atomic E-state index is 0. The molecule has 0 aromatic heterocycles. The summed E-state index contributed by atoms with van der Waals surface area (Å²) in [6, 6.07) is 15.9. The third kappa shape index (κ3) is 13.8. The average molecular weight is 646 g/mol. The van der Waals surface area contributed by atoms with Gasteiger partial charge in [0.2, 0.25) is 0 Å². The Hall–Kier alpha value is -3.13. The van der Waals surface area contributed by atoms with Gasteiger partial charge in [-0.3, -0.25) is 4.39 Å². The summed E-state index contributed by atoms with van der Waals surface area (Å²) >= 11 is 5.77. The van der Waals surface area contributed by atoms with Gasteiger partial charge < -0.3 is 20.2 Å². The minimum atomic E-state index is -0.674. The van der Waals surface area contributed by atoms with E-state index < -0.39 is 12.2 Å². The van der Waals surface area contributed by atoms with Gasteiger partial charge in [-0.1, -0.05) is 108 Å². The molecule has 0 bridgehead atoms. The van der Waals surface area contributed by atoms with Crippen molar-refractivity contribution in [2.45, 2.75) is 99.8 Å². The zero-order valence-electron chi connectivity index (χ0n) is 27.7. The fourth-order valence-electron chi connectivity index (χ4n) is 4.75. The first-order valence-corrected chi connectivity index (χ1v) is 15.9. The van der Waals surface area contributed by atoms with Crippen LogP contribution in [-0.4, -0.2) is 39.6 Å². The molecule has 7 heteroatoms. The predicted octanol–water partition coefficient (Wildman–Crippen LogP) is 10.8. The molecule has 0 spiro atoms. The van der Waals surface area contributed by atoms with Crippen LogP contribution in [0, 0.1) is 11.7 Å². The SMILES string of the molecule is C.C/C=C(O)\C=C/CC.CC.CC.CC1=CC=C(C2[C@@H](CCC(O)c3ccc(F)cc3)C(=S)N2c2ccccc2)C(O)C1.CF. The van der Waals surface area contributed by atoms with Gasteiger partial charge in [-0.25, -0.2) is 4.39 Å². The first-order valence-electron chi connectivity index (χ1n) is 15.5. The van der Waals surface area contributed by atoms with Gasteiger partial charge in [-0.2, -0.15) is 0 Å². The Labute approximate surface area is 277 Å². The third-order valence-electron chi connectivity index (χ3n) is 6.88. The van der Waals surface area contributed by atoms with Crippen molar-refractivity contribution < 1.29 is 24.1 Å². The fourth-order valence-corrected chi connectivity index (χ4v) is 5.21. The van der Waals surface area contributed by atoms with Crippen molar-refractivity contribution in [2.75, 3.05) is 12.1 Å². The molecular formula is C38H57F2NO3S. The predicted molar refractivity (Wildman–Crippen MR) is 194 cm³/mol. The van der Waals surface area contributed by atoms with Crippen molar-refractivity contribution in [3.63, 3.8) is 0 Å². The number of anilines is 1. The van der Waals surface area contributed by atoms with Crippen LogP contribution in [0.15, 0.2) is 102 Å². The van der Waals surface area contributed by atoms with E-state index in [9.17, 15) is 19.0 Å². The largest absolute Gasteiger partial charge is 0.508 e. The van der Waals surface area contributed by atoms with Crippen molar-refractivity contribution in [1.82, 2.24) is 0 Å². The molecule has 4 atom stereocenters. The van der Waals surface area contributed by atoms with Crippen LogP contribution in [0.25, 0.3) is 0 Å². The lowest BCUT2D eigenvalue weighted by molar-refractivity contribution is 0.155. The van der Waals surface area contributed by atoms with Gasteiger partial charge in [-0.15, -0.1) is 0 Å². The maximum atomic E-state index is 13.2. The smallest absolute Gasteiger partial charge is 0.123 e. The summed E-state index contributed by atoms with van der Waals surface area (Å²) in [7, 11) is 0.500. The fraction of sp³-hybridized carbons (Fsp3) is 0.447. The van der Waals surface area contributed by atoms with E-state index in [-0.39, 0.29) is 25.2 Å². The van der Waals surface area contributed by atoms with E-state index in [0.29, 0.717) is 37.8 Å². The molecule has 3 unspecified atom stereocenters. The van der Waals surface area contributed by atoms with Gasteiger partial charge in [0.05, 0.1) is 30.4 Å². The normalized spacial score (nSPS) is 19.2. The van der Waals surface area contributed by atoms with Gasteiger partial charge >= 0.3 is 0 Å². The summed E-state index contributed by atoms with van der Waals surface area (Å²) in [5.41, 5.74) is 3.85. The zero-order valence-corrected chi connectivity index (χ0v) is 28.5. The molecule has 0 saturated carbocycles. The summed E-state index contributed by atoms with van der Waals surface area (Å²) in [5.74, 6) is 0.0844. The number of hydrogen-bond acceptors (Lipinski definition) is 4. The van der Waals surface area contributed by atoms with Crippen molar-refractivity contribution in [3.05, 3.63) is 113 Å². The molecule has 1 saturated heterocycles. The quantitative estimate of drug-likeness (QED) is 0.151. The number of rotatable bonds is 8. The van der Waals surface area contributed by atoms with Gasteiger partial charge in [0.15, 0.2) is 0 Å². The second kappa shape index (κ2) is 25.1. The van der Waals surface area contributed by atoms with Crippen LogP contribution in [0.1, 0.15) is 93.2 Å². The number of benzene rings is 2. The summed E-state index contributed by atoms with van der Waals surface area (Å²) in [6.45, 7) is 13.8. The second-order valence-corrected chi connectivity index (χ2v) is 10.1. The van der Waals surface area contributed by atoms with E-state index in [1.54, 1.807) is 31.2 Å².